The van der Waals surface area contributed by atoms with Crippen LogP contribution in [0.15, 0.2) is 18.2 Å². The first-order valence-corrected chi connectivity index (χ1v) is 5.84. The molecule has 1 aliphatic heterocycles. The van der Waals surface area contributed by atoms with Gasteiger partial charge in [-0.2, -0.15) is 0 Å². The van der Waals surface area contributed by atoms with Crippen LogP contribution in [0.1, 0.15) is 22.3 Å². The van der Waals surface area contributed by atoms with Gasteiger partial charge in [-0.3, -0.25) is 9.59 Å². The minimum atomic E-state index is -0.813. The molecule has 0 aromatic heterocycles. The topological polar surface area (TPSA) is 83.6 Å². The van der Waals surface area contributed by atoms with Crippen molar-refractivity contribution in [1.82, 2.24) is 4.90 Å². The SMILES string of the molecule is Cc1ccc(C(=O)N2CC(CC(=O)O)C2)cc1N. The predicted molar refractivity (Wildman–Crippen MR) is 67.2 cm³/mol. The van der Waals surface area contributed by atoms with Crippen LogP contribution >= 0.6 is 0 Å². The number of carboxylic acid groups (broad SMARTS) is 1. The summed E-state index contributed by atoms with van der Waals surface area (Å²) in [5.74, 6) is -0.815. The summed E-state index contributed by atoms with van der Waals surface area (Å²) in [6, 6.07) is 5.23. The van der Waals surface area contributed by atoms with E-state index in [0.29, 0.717) is 24.3 Å². The van der Waals surface area contributed by atoms with Crippen molar-refractivity contribution in [2.45, 2.75) is 13.3 Å². The number of likely N-dealkylation sites (tertiary alicyclic amines) is 1. The molecule has 5 nitrogen and oxygen atoms in total. The fourth-order valence-electron chi connectivity index (χ4n) is 2.07. The van der Waals surface area contributed by atoms with Crippen LogP contribution in [0.2, 0.25) is 0 Å². The number of nitrogen functional groups attached to an aromatic ring is 1. The van der Waals surface area contributed by atoms with E-state index in [1.54, 1.807) is 17.0 Å². The molecule has 18 heavy (non-hydrogen) atoms. The number of rotatable bonds is 3. The van der Waals surface area contributed by atoms with Crippen LogP contribution in [0.3, 0.4) is 0 Å². The molecule has 0 saturated carbocycles. The van der Waals surface area contributed by atoms with E-state index >= 15 is 0 Å². The van der Waals surface area contributed by atoms with Crippen molar-refractivity contribution in [1.29, 1.82) is 0 Å². The second-order valence-corrected chi connectivity index (χ2v) is 4.75. The molecule has 1 aliphatic rings. The van der Waals surface area contributed by atoms with Crippen molar-refractivity contribution in [3.63, 3.8) is 0 Å². The van der Waals surface area contributed by atoms with Crippen molar-refractivity contribution in [3.05, 3.63) is 29.3 Å². The molecule has 0 atom stereocenters. The first-order chi connectivity index (χ1) is 8.47. The summed E-state index contributed by atoms with van der Waals surface area (Å²) in [4.78, 5) is 24.2. The molecule has 5 heteroatoms. The van der Waals surface area contributed by atoms with Crippen LogP contribution in [0.25, 0.3) is 0 Å². The molecule has 1 aromatic carbocycles. The number of hydrogen-bond acceptors (Lipinski definition) is 3. The number of carboxylic acids is 1. The summed E-state index contributed by atoms with van der Waals surface area (Å²) >= 11 is 0. The van der Waals surface area contributed by atoms with Gasteiger partial charge in [-0.1, -0.05) is 6.07 Å². The maximum atomic E-state index is 12.0. The summed E-state index contributed by atoms with van der Waals surface area (Å²) in [5.41, 5.74) is 7.87. The van der Waals surface area contributed by atoms with Crippen LogP contribution < -0.4 is 5.73 Å². The number of aryl methyl sites for hydroxylation is 1. The molecule has 1 fully saturated rings. The molecule has 0 radical (unpaired) electrons. The molecule has 1 saturated heterocycles. The van der Waals surface area contributed by atoms with Crippen LogP contribution in [0.4, 0.5) is 5.69 Å². The van der Waals surface area contributed by atoms with Gasteiger partial charge in [-0.15, -0.1) is 0 Å². The minimum absolute atomic E-state index is 0.0780. The Morgan fingerprint density at radius 1 is 1.44 bits per heavy atom. The van der Waals surface area contributed by atoms with Gasteiger partial charge in [0.15, 0.2) is 0 Å². The largest absolute Gasteiger partial charge is 0.481 e. The van der Waals surface area contributed by atoms with Crippen molar-refractivity contribution in [2.75, 3.05) is 18.8 Å². The Kier molecular flexibility index (Phi) is 3.23. The Morgan fingerprint density at radius 2 is 2.11 bits per heavy atom. The first kappa shape index (κ1) is 12.4. The van der Waals surface area contributed by atoms with Gasteiger partial charge < -0.3 is 15.7 Å². The Morgan fingerprint density at radius 3 is 2.67 bits per heavy atom. The number of nitrogens with zero attached hydrogens (tertiary/aromatic N) is 1. The lowest BCUT2D eigenvalue weighted by Gasteiger charge is -2.38. The first-order valence-electron chi connectivity index (χ1n) is 5.84. The highest BCUT2D eigenvalue weighted by molar-refractivity contribution is 5.95. The molecule has 3 N–H and O–H groups in total. The normalized spacial score (nSPS) is 15.3. The molecule has 0 aliphatic carbocycles. The number of carbonyl (C=O) groups excluding carboxylic acids is 1. The number of amides is 1. The molecule has 1 aromatic rings. The van der Waals surface area contributed by atoms with E-state index in [2.05, 4.69) is 0 Å². The highest BCUT2D eigenvalue weighted by Gasteiger charge is 2.32. The van der Waals surface area contributed by atoms with E-state index in [1.807, 2.05) is 13.0 Å². The Hall–Kier alpha value is -2.04. The smallest absolute Gasteiger partial charge is 0.303 e. The maximum Gasteiger partial charge on any atom is 0.303 e. The van der Waals surface area contributed by atoms with Crippen LogP contribution in [-0.4, -0.2) is 35.0 Å². The lowest BCUT2D eigenvalue weighted by Crippen LogP contribution is -2.50. The number of benzene rings is 1. The average Bonchev–Trinajstić information content (AvgIpc) is 2.25. The van der Waals surface area contributed by atoms with E-state index in [4.69, 9.17) is 10.8 Å². The number of anilines is 1. The van der Waals surface area contributed by atoms with Crippen LogP contribution in [0.5, 0.6) is 0 Å². The summed E-state index contributed by atoms with van der Waals surface area (Å²) in [7, 11) is 0. The van der Waals surface area contributed by atoms with E-state index in [-0.39, 0.29) is 18.2 Å². The van der Waals surface area contributed by atoms with Crippen molar-refractivity contribution < 1.29 is 14.7 Å². The van der Waals surface area contributed by atoms with Crippen molar-refractivity contribution >= 4 is 17.6 Å². The third-order valence-corrected chi connectivity index (χ3v) is 3.23. The minimum Gasteiger partial charge on any atom is -0.481 e. The third kappa shape index (κ3) is 2.45. The molecule has 0 bridgehead atoms. The van der Waals surface area contributed by atoms with Gasteiger partial charge in [-0.05, 0) is 24.6 Å². The summed E-state index contributed by atoms with van der Waals surface area (Å²) in [5, 5.41) is 8.64. The Bertz CT molecular complexity index is 493. The van der Waals surface area contributed by atoms with E-state index in [0.717, 1.165) is 5.56 Å². The highest BCUT2D eigenvalue weighted by Crippen LogP contribution is 2.22. The molecule has 2 rings (SSSR count). The zero-order valence-corrected chi connectivity index (χ0v) is 10.2. The van der Waals surface area contributed by atoms with Gasteiger partial charge >= 0.3 is 5.97 Å². The summed E-state index contributed by atoms with van der Waals surface area (Å²) in [6.07, 6.45) is 0.125. The molecular weight excluding hydrogens is 232 g/mol. The van der Waals surface area contributed by atoms with Gasteiger partial charge in [0.2, 0.25) is 0 Å². The molecule has 0 unspecified atom stereocenters. The lowest BCUT2D eigenvalue weighted by molar-refractivity contribution is -0.139. The summed E-state index contributed by atoms with van der Waals surface area (Å²) in [6.45, 7) is 2.91. The molecule has 96 valence electrons. The van der Waals surface area contributed by atoms with Gasteiger partial charge in [-0.25, -0.2) is 0 Å². The van der Waals surface area contributed by atoms with Gasteiger partial charge in [0.05, 0.1) is 6.42 Å². The van der Waals surface area contributed by atoms with Gasteiger partial charge in [0.25, 0.3) is 5.91 Å². The second-order valence-electron chi connectivity index (χ2n) is 4.75. The number of hydrogen-bond donors (Lipinski definition) is 2. The van der Waals surface area contributed by atoms with Gasteiger partial charge in [0.1, 0.15) is 0 Å². The number of aliphatic carboxylic acids is 1. The highest BCUT2D eigenvalue weighted by atomic mass is 16.4. The Labute approximate surface area is 105 Å². The zero-order valence-electron chi connectivity index (χ0n) is 10.2. The van der Waals surface area contributed by atoms with Gasteiger partial charge in [0, 0.05) is 30.3 Å². The van der Waals surface area contributed by atoms with Crippen LogP contribution in [-0.2, 0) is 4.79 Å². The predicted octanol–water partition coefficient (Wildman–Crippen LogP) is 1.12. The second kappa shape index (κ2) is 4.68. The van der Waals surface area contributed by atoms with Crippen LogP contribution in [0, 0.1) is 12.8 Å². The van der Waals surface area contributed by atoms with Crippen molar-refractivity contribution in [3.8, 4) is 0 Å². The quantitative estimate of drug-likeness (QED) is 0.785. The molecule has 1 amide bonds. The number of carbonyl (C=O) groups is 2. The fraction of sp³-hybridized carbons (Fsp3) is 0.385. The lowest BCUT2D eigenvalue weighted by atomic mass is 9.95. The average molecular weight is 248 g/mol. The van der Waals surface area contributed by atoms with E-state index in [1.165, 1.54) is 0 Å². The zero-order chi connectivity index (χ0) is 13.3. The molecule has 1 heterocycles. The monoisotopic (exact) mass is 248 g/mol. The molecular formula is C13H16N2O3. The Balaban J connectivity index is 1.97. The van der Waals surface area contributed by atoms with Crippen molar-refractivity contribution in [2.24, 2.45) is 5.92 Å². The fourth-order valence-corrected chi connectivity index (χ4v) is 2.07. The maximum absolute atomic E-state index is 12.0. The number of nitrogens with two attached hydrogens (primary N) is 1. The third-order valence-electron chi connectivity index (χ3n) is 3.23. The standard InChI is InChI=1S/C13H16N2O3/c1-8-2-3-10(5-11(8)14)13(18)15-6-9(7-15)4-12(16)17/h2-3,5,9H,4,6-7,14H2,1H3,(H,16,17). The molecule has 0 spiro atoms. The van der Waals surface area contributed by atoms with E-state index < -0.39 is 5.97 Å². The summed E-state index contributed by atoms with van der Waals surface area (Å²) < 4.78 is 0. The van der Waals surface area contributed by atoms with E-state index in [9.17, 15) is 9.59 Å².